The molecule has 0 fully saturated rings. The molecule has 0 saturated heterocycles. The van der Waals surface area contributed by atoms with Gasteiger partial charge < -0.3 is 0 Å². The summed E-state index contributed by atoms with van der Waals surface area (Å²) in [7, 11) is -2.61. The summed E-state index contributed by atoms with van der Waals surface area (Å²) in [4.78, 5) is 15.8. The summed E-state index contributed by atoms with van der Waals surface area (Å²) < 4.78 is 51.3. The lowest BCUT2D eigenvalue weighted by molar-refractivity contribution is 0.136. The second kappa shape index (κ2) is 6.06. The van der Waals surface area contributed by atoms with E-state index in [1.165, 1.54) is 0 Å². The molecule has 13 heteroatoms. The number of hydrogen-bond acceptors (Lipinski definition) is 5. The highest BCUT2D eigenvalue weighted by Gasteiger charge is 2.22. The van der Waals surface area contributed by atoms with Crippen LogP contribution in [0.5, 0.6) is 0 Å². The van der Waals surface area contributed by atoms with Crippen molar-refractivity contribution in [3.05, 3.63) is 32.4 Å². The molecule has 8 nitrogen and oxygen atoms in total. The Kier molecular flexibility index (Phi) is 4.64. The van der Waals surface area contributed by atoms with Gasteiger partial charge in [0.25, 0.3) is 6.43 Å². The van der Waals surface area contributed by atoms with Crippen LogP contribution in [0.4, 0.5) is 14.6 Å². The molecule has 2 aromatic rings. The molecule has 2 aromatic heterocycles. The predicted molar refractivity (Wildman–Crippen MR) is 80.0 cm³/mol. The van der Waals surface area contributed by atoms with Crippen molar-refractivity contribution >= 4 is 39.0 Å². The first kappa shape index (κ1) is 17.6. The van der Waals surface area contributed by atoms with E-state index in [1.54, 1.807) is 0 Å². The van der Waals surface area contributed by atoms with E-state index in [-0.39, 0.29) is 21.7 Å². The van der Waals surface area contributed by atoms with Crippen molar-refractivity contribution in [2.75, 3.05) is 11.0 Å². The molecule has 23 heavy (non-hydrogen) atoms. The first-order valence-electron chi connectivity index (χ1n) is 5.79. The van der Waals surface area contributed by atoms with Crippen LogP contribution >= 0.6 is 23.2 Å². The van der Waals surface area contributed by atoms with Gasteiger partial charge in [-0.05, 0) is 6.07 Å². The Morgan fingerprint density at radius 3 is 2.39 bits per heavy atom. The van der Waals surface area contributed by atoms with Gasteiger partial charge in [0.2, 0.25) is 15.8 Å². The number of aromatic nitrogens is 4. The molecule has 2 rings (SSSR count). The number of sulfonamides is 1. The van der Waals surface area contributed by atoms with Gasteiger partial charge in [-0.25, -0.2) is 27.0 Å². The lowest BCUT2D eigenvalue weighted by Crippen LogP contribution is -2.23. The second-order valence-electron chi connectivity index (χ2n) is 4.41. The van der Waals surface area contributed by atoms with Gasteiger partial charge in [0.05, 0.1) is 16.3 Å². The minimum atomic E-state index is -3.71. The zero-order chi connectivity index (χ0) is 17.5. The Morgan fingerprint density at radius 1 is 1.30 bits per heavy atom. The minimum Gasteiger partial charge on any atom is -0.277 e. The largest absolute Gasteiger partial charge is 0.352 e. The molecule has 0 saturated carbocycles. The summed E-state index contributed by atoms with van der Waals surface area (Å²) in [6.07, 6.45) is -2.13. The molecule has 0 atom stereocenters. The molecule has 2 heterocycles. The Bertz CT molecular complexity index is 925. The highest BCUT2D eigenvalue weighted by atomic mass is 35.5. The SMILES string of the molecule is Cn1c(C(F)F)nn(-c2nc(NS(C)(=O)=O)c(Cl)cc2Cl)c1=O. The van der Waals surface area contributed by atoms with E-state index in [2.05, 4.69) is 10.1 Å². The highest BCUT2D eigenvalue weighted by Crippen LogP contribution is 2.28. The van der Waals surface area contributed by atoms with Gasteiger partial charge >= 0.3 is 5.69 Å². The van der Waals surface area contributed by atoms with Gasteiger partial charge in [0, 0.05) is 7.05 Å². The van der Waals surface area contributed by atoms with Crippen molar-refractivity contribution in [3.8, 4) is 5.82 Å². The third kappa shape index (κ3) is 3.62. The van der Waals surface area contributed by atoms with Crippen molar-refractivity contribution in [2.45, 2.75) is 6.43 Å². The smallest absolute Gasteiger partial charge is 0.277 e. The lowest BCUT2D eigenvalue weighted by atomic mass is 10.4. The van der Waals surface area contributed by atoms with Crippen LogP contribution in [0.1, 0.15) is 12.2 Å². The Morgan fingerprint density at radius 2 is 1.91 bits per heavy atom. The zero-order valence-electron chi connectivity index (χ0n) is 11.6. The van der Waals surface area contributed by atoms with Crippen LogP contribution < -0.4 is 10.4 Å². The summed E-state index contributed by atoms with van der Waals surface area (Å²) >= 11 is 11.7. The Labute approximate surface area is 138 Å². The summed E-state index contributed by atoms with van der Waals surface area (Å²) in [5.74, 6) is -1.44. The number of anilines is 1. The molecule has 126 valence electrons. The average molecular weight is 388 g/mol. The lowest BCUT2D eigenvalue weighted by Gasteiger charge is -2.09. The maximum atomic E-state index is 12.8. The first-order valence-corrected chi connectivity index (χ1v) is 8.44. The first-order chi connectivity index (χ1) is 10.5. The van der Waals surface area contributed by atoms with Crippen molar-refractivity contribution in [3.63, 3.8) is 0 Å². The van der Waals surface area contributed by atoms with E-state index in [4.69, 9.17) is 23.2 Å². The third-order valence-electron chi connectivity index (χ3n) is 2.60. The maximum Gasteiger partial charge on any atom is 0.352 e. The fourth-order valence-electron chi connectivity index (χ4n) is 1.63. The van der Waals surface area contributed by atoms with Crippen molar-refractivity contribution in [2.24, 2.45) is 7.05 Å². The summed E-state index contributed by atoms with van der Waals surface area (Å²) in [6.45, 7) is 0. The number of nitrogens with one attached hydrogen (secondary N) is 1. The van der Waals surface area contributed by atoms with E-state index >= 15 is 0 Å². The average Bonchev–Trinajstić information content (AvgIpc) is 2.69. The summed E-state index contributed by atoms with van der Waals surface area (Å²) in [5.41, 5.74) is -0.928. The molecule has 0 amide bonds. The molecule has 1 N–H and O–H groups in total. The molecule has 0 spiro atoms. The van der Waals surface area contributed by atoms with Gasteiger partial charge in [-0.3, -0.25) is 9.29 Å². The van der Waals surface area contributed by atoms with Crippen molar-refractivity contribution in [1.82, 2.24) is 19.3 Å². The van der Waals surface area contributed by atoms with E-state index in [0.717, 1.165) is 19.4 Å². The van der Waals surface area contributed by atoms with Gasteiger partial charge in [0.1, 0.15) is 0 Å². The van der Waals surface area contributed by atoms with Crippen LogP contribution in [0, 0.1) is 0 Å². The maximum absolute atomic E-state index is 12.8. The predicted octanol–water partition coefficient (Wildman–Crippen LogP) is 1.58. The molecule has 0 bridgehead atoms. The van der Waals surface area contributed by atoms with Crippen LogP contribution in [0.25, 0.3) is 5.82 Å². The van der Waals surface area contributed by atoms with E-state index in [0.29, 0.717) is 9.25 Å². The number of alkyl halides is 2. The van der Waals surface area contributed by atoms with E-state index < -0.39 is 28.0 Å². The molecule has 0 aromatic carbocycles. The minimum absolute atomic E-state index is 0.137. The van der Waals surface area contributed by atoms with Gasteiger partial charge in [-0.2, -0.15) is 4.68 Å². The van der Waals surface area contributed by atoms with Crippen LogP contribution in [-0.2, 0) is 17.1 Å². The topological polar surface area (TPSA) is 98.9 Å². The van der Waals surface area contributed by atoms with Gasteiger partial charge in [-0.1, -0.05) is 23.2 Å². The molecule has 0 aliphatic carbocycles. The van der Waals surface area contributed by atoms with Gasteiger partial charge in [0.15, 0.2) is 11.6 Å². The van der Waals surface area contributed by atoms with Crippen LogP contribution in [0.15, 0.2) is 10.9 Å². The standard InChI is InChI=1S/C10H9Cl2F2N5O3S/c1-18-9(6(13)14)16-19(10(18)20)8-5(12)3-4(11)7(15-8)17-23(2,21)22/h3,6H,1-2H3,(H,15,17). The molecule has 0 unspecified atom stereocenters. The number of pyridine rings is 1. The summed E-state index contributed by atoms with van der Waals surface area (Å²) in [6, 6.07) is 1.11. The van der Waals surface area contributed by atoms with Crippen molar-refractivity contribution in [1.29, 1.82) is 0 Å². The Hall–Kier alpha value is -1.72. The van der Waals surface area contributed by atoms with Crippen LogP contribution in [0.3, 0.4) is 0 Å². The quantitative estimate of drug-likeness (QED) is 0.858. The molecule has 0 aliphatic rings. The zero-order valence-corrected chi connectivity index (χ0v) is 13.9. The van der Waals surface area contributed by atoms with Gasteiger partial charge in [-0.15, -0.1) is 5.10 Å². The molecule has 0 aliphatic heterocycles. The van der Waals surface area contributed by atoms with Crippen LogP contribution in [0.2, 0.25) is 10.0 Å². The molecule has 0 radical (unpaired) electrons. The fourth-order valence-corrected chi connectivity index (χ4v) is 2.68. The van der Waals surface area contributed by atoms with E-state index in [9.17, 15) is 22.0 Å². The number of rotatable bonds is 4. The normalized spacial score (nSPS) is 12.0. The van der Waals surface area contributed by atoms with E-state index in [1.807, 2.05) is 4.72 Å². The number of hydrogen-bond donors (Lipinski definition) is 1. The highest BCUT2D eigenvalue weighted by molar-refractivity contribution is 7.92. The van der Waals surface area contributed by atoms with Crippen molar-refractivity contribution < 1.29 is 17.2 Å². The molecular formula is C10H9Cl2F2N5O3S. The summed E-state index contributed by atoms with van der Waals surface area (Å²) in [5, 5.41) is 3.15. The third-order valence-corrected chi connectivity index (χ3v) is 3.73. The Balaban J connectivity index is 2.67. The fraction of sp³-hybridized carbons (Fsp3) is 0.300. The van der Waals surface area contributed by atoms with Crippen LogP contribution in [-0.4, -0.2) is 34.0 Å². The second-order valence-corrected chi connectivity index (χ2v) is 6.97. The number of nitrogens with zero attached hydrogens (tertiary/aromatic N) is 4. The monoisotopic (exact) mass is 387 g/mol. The number of halogens is 4. The molecular weight excluding hydrogens is 379 g/mol.